The Balaban J connectivity index is 1.90. The molecule has 4 nitrogen and oxygen atoms in total. The van der Waals surface area contributed by atoms with Crippen LogP contribution >= 0.6 is 27.7 Å². The normalized spacial score (nSPS) is 10.8. The molecule has 0 fully saturated rings. The lowest BCUT2D eigenvalue weighted by Crippen LogP contribution is -2.11. The first-order valence-corrected chi connectivity index (χ1v) is 7.42. The molecule has 0 amide bonds. The number of para-hydroxylation sites is 2. The summed E-state index contributed by atoms with van der Waals surface area (Å²) >= 11 is 4.84. The zero-order valence-corrected chi connectivity index (χ0v) is 12.7. The van der Waals surface area contributed by atoms with Crippen LogP contribution in [0.4, 0.5) is 0 Å². The van der Waals surface area contributed by atoms with Gasteiger partial charge in [0.15, 0.2) is 5.58 Å². The average Bonchev–Trinajstić information content (AvgIpc) is 2.80. The summed E-state index contributed by atoms with van der Waals surface area (Å²) in [6, 6.07) is 13.2. The number of aromatic nitrogens is 1. The number of nitrogens with zero attached hydrogens (tertiary/aromatic N) is 1. The molecule has 20 heavy (non-hydrogen) atoms. The van der Waals surface area contributed by atoms with Crippen LogP contribution in [0.25, 0.3) is 11.1 Å². The van der Waals surface area contributed by atoms with Gasteiger partial charge >= 0.3 is 0 Å². The number of hydrogen-bond acceptors (Lipinski definition) is 4. The number of fused-ring (bicyclic) bond motifs is 1. The van der Waals surface area contributed by atoms with Gasteiger partial charge in [-0.05, 0) is 58.0 Å². The van der Waals surface area contributed by atoms with Crippen LogP contribution in [0.3, 0.4) is 0 Å². The molecule has 3 aromatic rings. The number of halogens is 1. The van der Waals surface area contributed by atoms with Crippen LogP contribution in [0.15, 0.2) is 61.5 Å². The van der Waals surface area contributed by atoms with Crippen molar-refractivity contribution >= 4 is 44.6 Å². The first-order chi connectivity index (χ1) is 9.63. The fourth-order valence-corrected chi connectivity index (χ4v) is 3.31. The van der Waals surface area contributed by atoms with Crippen molar-refractivity contribution in [2.75, 3.05) is 0 Å². The van der Waals surface area contributed by atoms with Crippen molar-refractivity contribution in [3.8, 4) is 0 Å². The molecule has 0 saturated heterocycles. The average molecular weight is 348 g/mol. The molecule has 0 aliphatic carbocycles. The molecular weight excluding hydrogens is 338 g/mol. The van der Waals surface area contributed by atoms with Crippen LogP contribution in [-0.4, -0.2) is 10.8 Å². The maximum Gasteiger partial charge on any atom is 0.261 e. The predicted octanol–water partition coefficient (Wildman–Crippen LogP) is 4.03. The van der Waals surface area contributed by atoms with Gasteiger partial charge in [0.2, 0.25) is 0 Å². The second kappa shape index (κ2) is 5.30. The van der Waals surface area contributed by atoms with Gasteiger partial charge in [0.05, 0.1) is 0 Å². The van der Waals surface area contributed by atoms with Gasteiger partial charge in [-0.1, -0.05) is 12.1 Å². The van der Waals surface area contributed by atoms with E-state index in [1.165, 1.54) is 11.8 Å². The molecule has 0 spiro atoms. The van der Waals surface area contributed by atoms with E-state index < -0.39 is 0 Å². The van der Waals surface area contributed by atoms with E-state index in [1.807, 2.05) is 36.4 Å². The Labute approximate surface area is 128 Å². The third-order valence-electron chi connectivity index (χ3n) is 2.71. The predicted molar refractivity (Wildman–Crippen MR) is 83.3 cm³/mol. The minimum atomic E-state index is 0.0373. The van der Waals surface area contributed by atoms with E-state index in [9.17, 15) is 0 Å². The number of rotatable bonds is 3. The molecule has 0 bridgehead atoms. The van der Waals surface area contributed by atoms with Gasteiger partial charge in [0.25, 0.3) is 5.22 Å². The highest BCUT2D eigenvalue weighted by Crippen LogP contribution is 2.32. The van der Waals surface area contributed by atoms with Gasteiger partial charge in [-0.25, -0.2) is 4.98 Å². The van der Waals surface area contributed by atoms with Gasteiger partial charge in [0.1, 0.15) is 11.4 Å². The zero-order chi connectivity index (χ0) is 14.1. The fraction of sp³-hybridized carbons (Fsp3) is 0. The van der Waals surface area contributed by atoms with Crippen LogP contribution in [0.5, 0.6) is 0 Å². The number of nitrogens with one attached hydrogen (secondary N) is 1. The van der Waals surface area contributed by atoms with Crippen LogP contribution < -0.4 is 5.73 Å². The number of nitrogens with two attached hydrogens (primary N) is 1. The number of nitrogen functional groups attached to an aromatic ring is 1. The number of benzene rings is 2. The van der Waals surface area contributed by atoms with E-state index in [0.29, 0.717) is 10.8 Å². The topological polar surface area (TPSA) is 75.9 Å². The molecule has 3 rings (SSSR count). The highest BCUT2D eigenvalue weighted by molar-refractivity contribution is 9.10. The Hall–Kier alpha value is -1.79. The fourth-order valence-electron chi connectivity index (χ4n) is 1.77. The van der Waals surface area contributed by atoms with E-state index >= 15 is 0 Å². The van der Waals surface area contributed by atoms with Crippen LogP contribution in [0.2, 0.25) is 0 Å². The molecular formula is C14H10BrN3OS. The van der Waals surface area contributed by atoms with Crippen LogP contribution in [0, 0.1) is 5.41 Å². The number of hydrogen-bond donors (Lipinski definition) is 2. The maximum atomic E-state index is 7.45. The Morgan fingerprint density at radius 1 is 1.25 bits per heavy atom. The summed E-state index contributed by atoms with van der Waals surface area (Å²) in [4.78, 5) is 5.38. The van der Waals surface area contributed by atoms with Crippen molar-refractivity contribution < 1.29 is 4.42 Å². The SMILES string of the molecule is N=C(N)c1ccc(Sc2nc3ccccc3o2)cc1Br. The first kappa shape index (κ1) is 13.2. The molecule has 0 saturated carbocycles. The van der Waals surface area contributed by atoms with Gasteiger partial charge in [-0.2, -0.15) is 0 Å². The lowest BCUT2D eigenvalue weighted by atomic mass is 10.2. The van der Waals surface area contributed by atoms with Crippen LogP contribution in [-0.2, 0) is 0 Å². The lowest BCUT2D eigenvalue weighted by Gasteiger charge is -2.04. The van der Waals surface area contributed by atoms with E-state index in [0.717, 1.165) is 20.5 Å². The van der Waals surface area contributed by atoms with Crippen molar-refractivity contribution in [2.24, 2.45) is 5.73 Å². The monoisotopic (exact) mass is 347 g/mol. The lowest BCUT2D eigenvalue weighted by molar-refractivity contribution is 0.489. The molecule has 100 valence electrons. The molecule has 1 aromatic heterocycles. The zero-order valence-electron chi connectivity index (χ0n) is 10.3. The first-order valence-electron chi connectivity index (χ1n) is 5.81. The molecule has 0 aliphatic heterocycles. The summed E-state index contributed by atoms with van der Waals surface area (Å²) < 4.78 is 6.44. The van der Waals surface area contributed by atoms with Crippen molar-refractivity contribution in [1.82, 2.24) is 4.98 Å². The van der Waals surface area contributed by atoms with E-state index in [4.69, 9.17) is 15.6 Å². The third kappa shape index (κ3) is 2.57. The van der Waals surface area contributed by atoms with Crippen LogP contribution in [0.1, 0.15) is 5.56 Å². The summed E-state index contributed by atoms with van der Waals surface area (Å²) in [5.74, 6) is 0.0373. The number of amidine groups is 1. The quantitative estimate of drug-likeness (QED) is 0.554. The highest BCUT2D eigenvalue weighted by Gasteiger charge is 2.09. The van der Waals surface area contributed by atoms with Gasteiger partial charge in [-0.15, -0.1) is 0 Å². The van der Waals surface area contributed by atoms with Gasteiger partial charge in [-0.3, -0.25) is 5.41 Å². The minimum absolute atomic E-state index is 0.0373. The molecule has 0 atom stereocenters. The Bertz CT molecular complexity index is 767. The Morgan fingerprint density at radius 2 is 2.05 bits per heavy atom. The highest BCUT2D eigenvalue weighted by atomic mass is 79.9. The largest absolute Gasteiger partial charge is 0.431 e. The van der Waals surface area contributed by atoms with Crippen molar-refractivity contribution in [1.29, 1.82) is 5.41 Å². The summed E-state index contributed by atoms with van der Waals surface area (Å²) in [6.45, 7) is 0. The summed E-state index contributed by atoms with van der Waals surface area (Å²) in [5, 5.41) is 8.04. The smallest absolute Gasteiger partial charge is 0.261 e. The maximum absolute atomic E-state index is 7.45. The third-order valence-corrected chi connectivity index (χ3v) is 4.21. The van der Waals surface area contributed by atoms with Crippen molar-refractivity contribution in [3.63, 3.8) is 0 Å². The van der Waals surface area contributed by atoms with Crippen molar-refractivity contribution in [3.05, 3.63) is 52.5 Å². The standard InChI is InChI=1S/C14H10BrN3OS/c15-10-7-8(5-6-9(10)13(16)17)20-14-18-11-3-1-2-4-12(11)19-14/h1-7H,(H3,16,17). The Morgan fingerprint density at radius 3 is 2.75 bits per heavy atom. The molecule has 6 heteroatoms. The molecule has 1 heterocycles. The molecule has 2 aromatic carbocycles. The summed E-state index contributed by atoms with van der Waals surface area (Å²) in [5.41, 5.74) is 7.77. The van der Waals surface area contributed by atoms with Gasteiger partial charge < -0.3 is 10.2 Å². The van der Waals surface area contributed by atoms with Gasteiger partial charge in [0, 0.05) is 14.9 Å². The molecule has 0 aliphatic rings. The second-order valence-electron chi connectivity index (χ2n) is 4.10. The minimum Gasteiger partial charge on any atom is -0.431 e. The number of oxazole rings is 1. The molecule has 0 unspecified atom stereocenters. The molecule has 3 N–H and O–H groups in total. The van der Waals surface area contributed by atoms with E-state index in [-0.39, 0.29) is 5.84 Å². The van der Waals surface area contributed by atoms with Crippen molar-refractivity contribution in [2.45, 2.75) is 10.1 Å². The summed E-state index contributed by atoms with van der Waals surface area (Å²) in [7, 11) is 0. The van der Waals surface area contributed by atoms with E-state index in [2.05, 4.69) is 20.9 Å². The summed E-state index contributed by atoms with van der Waals surface area (Å²) in [6.07, 6.45) is 0. The second-order valence-corrected chi connectivity index (χ2v) is 5.98. The Kier molecular flexibility index (Phi) is 3.50. The molecule has 0 radical (unpaired) electrons. The van der Waals surface area contributed by atoms with E-state index in [1.54, 1.807) is 6.07 Å².